The first kappa shape index (κ1) is 35.0. The lowest BCUT2D eigenvalue weighted by atomic mass is 9.94. The minimum Gasteiger partial charge on any atom is -0.352 e. The van der Waals surface area contributed by atoms with Gasteiger partial charge in [0, 0.05) is 23.5 Å². The summed E-state index contributed by atoms with van der Waals surface area (Å²) in [5, 5.41) is 3.88. The van der Waals surface area contributed by atoms with Crippen LogP contribution in [0.5, 0.6) is 0 Å². The van der Waals surface area contributed by atoms with Gasteiger partial charge in [-0.1, -0.05) is 113 Å². The first-order valence-electron chi connectivity index (χ1n) is 15.5. The van der Waals surface area contributed by atoms with Crippen molar-refractivity contribution in [1.82, 2.24) is 10.2 Å². The monoisotopic (exact) mass is 755 g/mol. The van der Waals surface area contributed by atoms with Gasteiger partial charge in [0.05, 0.1) is 20.6 Å². The van der Waals surface area contributed by atoms with E-state index in [0.29, 0.717) is 21.3 Å². The standard InChI is InChI=1S/C36H36BrCl2N3O4S/c37-28-17-19-30(20-18-28)42(47(45,46)31-14-8-3-9-15-31)25-35(43)41(24-27-16-21-32(38)33(39)22-27)34(23-26-10-4-1-5-11-26)36(44)40-29-12-6-2-7-13-29/h1,3-5,8-11,14-22,29,34H,2,6-7,12-13,23-25H2,(H,40,44). The third-order valence-corrected chi connectivity index (χ3v) is 11.3. The minimum absolute atomic E-state index is 0.00483. The zero-order chi connectivity index (χ0) is 33.4. The van der Waals surface area contributed by atoms with E-state index in [4.69, 9.17) is 23.2 Å². The highest BCUT2D eigenvalue weighted by Gasteiger charge is 2.35. The molecule has 0 saturated heterocycles. The number of rotatable bonds is 12. The van der Waals surface area contributed by atoms with Crippen molar-refractivity contribution in [2.75, 3.05) is 10.8 Å². The second-order valence-electron chi connectivity index (χ2n) is 11.6. The third kappa shape index (κ3) is 9.16. The third-order valence-electron chi connectivity index (χ3n) is 8.28. The van der Waals surface area contributed by atoms with Crippen molar-refractivity contribution in [3.8, 4) is 0 Å². The van der Waals surface area contributed by atoms with Crippen LogP contribution in [0.4, 0.5) is 5.69 Å². The SMILES string of the molecule is O=C(NC1CCCCC1)C(Cc1ccccc1)N(Cc1ccc(Cl)c(Cl)c1)C(=O)CN(c1ccc(Br)cc1)S(=O)(=O)c1ccccc1. The maximum atomic E-state index is 14.6. The number of hydrogen-bond donors (Lipinski definition) is 1. The summed E-state index contributed by atoms with van der Waals surface area (Å²) in [6.45, 7) is -0.535. The second-order valence-corrected chi connectivity index (χ2v) is 15.2. The molecule has 0 spiro atoms. The normalized spacial score (nSPS) is 14.3. The molecule has 1 unspecified atom stereocenters. The number of benzene rings is 4. The zero-order valence-electron chi connectivity index (χ0n) is 25.7. The Labute approximate surface area is 295 Å². The number of halogens is 3. The molecule has 1 aliphatic carbocycles. The van der Waals surface area contributed by atoms with E-state index in [9.17, 15) is 18.0 Å². The van der Waals surface area contributed by atoms with E-state index in [1.807, 2.05) is 30.3 Å². The molecule has 1 saturated carbocycles. The largest absolute Gasteiger partial charge is 0.352 e. The molecule has 0 aromatic heterocycles. The molecule has 7 nitrogen and oxygen atoms in total. The van der Waals surface area contributed by atoms with E-state index >= 15 is 0 Å². The van der Waals surface area contributed by atoms with Crippen LogP contribution in [0.25, 0.3) is 0 Å². The van der Waals surface area contributed by atoms with E-state index in [2.05, 4.69) is 21.2 Å². The molecule has 1 aliphatic rings. The molecule has 5 rings (SSSR count). The molecular formula is C36H36BrCl2N3O4S. The van der Waals surface area contributed by atoms with Crippen molar-refractivity contribution in [1.29, 1.82) is 0 Å². The van der Waals surface area contributed by atoms with Crippen molar-refractivity contribution in [2.24, 2.45) is 0 Å². The van der Waals surface area contributed by atoms with Gasteiger partial charge in [0.1, 0.15) is 12.6 Å². The van der Waals surface area contributed by atoms with Gasteiger partial charge in [0.2, 0.25) is 11.8 Å². The number of nitrogens with one attached hydrogen (secondary N) is 1. The summed E-state index contributed by atoms with van der Waals surface area (Å²) >= 11 is 16.0. The molecular weight excluding hydrogens is 721 g/mol. The summed E-state index contributed by atoms with van der Waals surface area (Å²) < 4.78 is 30.1. The number of anilines is 1. The van der Waals surface area contributed by atoms with Gasteiger partial charge in [-0.25, -0.2) is 8.42 Å². The van der Waals surface area contributed by atoms with Gasteiger partial charge in [-0.05, 0) is 72.5 Å². The van der Waals surface area contributed by atoms with Crippen molar-refractivity contribution in [3.63, 3.8) is 0 Å². The molecule has 0 heterocycles. The Hall–Kier alpha value is -3.37. The summed E-state index contributed by atoms with van der Waals surface area (Å²) in [7, 11) is -4.18. The van der Waals surface area contributed by atoms with E-state index in [0.717, 1.165) is 46.4 Å². The summed E-state index contributed by atoms with van der Waals surface area (Å²) in [6.07, 6.45) is 5.16. The number of sulfonamides is 1. The maximum Gasteiger partial charge on any atom is 0.264 e. The fraction of sp³-hybridized carbons (Fsp3) is 0.278. The molecule has 4 aromatic carbocycles. The van der Waals surface area contributed by atoms with Gasteiger partial charge in [-0.15, -0.1) is 0 Å². The van der Waals surface area contributed by atoms with Crippen LogP contribution in [0.3, 0.4) is 0 Å². The summed E-state index contributed by atoms with van der Waals surface area (Å²) in [5.74, 6) is -0.825. The lowest BCUT2D eigenvalue weighted by molar-refractivity contribution is -0.140. The average molecular weight is 758 g/mol. The van der Waals surface area contributed by atoms with Crippen molar-refractivity contribution in [3.05, 3.63) is 129 Å². The highest BCUT2D eigenvalue weighted by Crippen LogP contribution is 2.28. The van der Waals surface area contributed by atoms with Crippen LogP contribution in [-0.4, -0.2) is 43.8 Å². The number of amides is 2. The molecule has 0 bridgehead atoms. The second kappa shape index (κ2) is 16.2. The van der Waals surface area contributed by atoms with E-state index in [1.165, 1.54) is 17.0 Å². The van der Waals surface area contributed by atoms with Gasteiger partial charge < -0.3 is 10.2 Å². The van der Waals surface area contributed by atoms with Crippen LogP contribution in [0.1, 0.15) is 43.2 Å². The molecule has 1 N–H and O–H groups in total. The Kier molecular flexibility index (Phi) is 12.0. The van der Waals surface area contributed by atoms with Gasteiger partial charge >= 0.3 is 0 Å². The van der Waals surface area contributed by atoms with Gasteiger partial charge in [-0.3, -0.25) is 13.9 Å². The van der Waals surface area contributed by atoms with Crippen LogP contribution in [-0.2, 0) is 32.6 Å². The van der Waals surface area contributed by atoms with E-state index in [-0.39, 0.29) is 29.8 Å². The smallest absolute Gasteiger partial charge is 0.264 e. The van der Waals surface area contributed by atoms with Crippen LogP contribution < -0.4 is 9.62 Å². The molecule has 47 heavy (non-hydrogen) atoms. The van der Waals surface area contributed by atoms with Crippen LogP contribution in [0.15, 0.2) is 112 Å². The Morgan fingerprint density at radius 3 is 2.09 bits per heavy atom. The fourth-order valence-corrected chi connectivity index (χ4v) is 7.81. The van der Waals surface area contributed by atoms with Crippen molar-refractivity contribution >= 4 is 66.7 Å². The van der Waals surface area contributed by atoms with Gasteiger partial charge in [0.15, 0.2) is 0 Å². The molecule has 11 heteroatoms. The minimum atomic E-state index is -4.18. The zero-order valence-corrected chi connectivity index (χ0v) is 29.6. The van der Waals surface area contributed by atoms with E-state index in [1.54, 1.807) is 60.7 Å². The predicted molar refractivity (Wildman–Crippen MR) is 191 cm³/mol. The van der Waals surface area contributed by atoms with Crippen molar-refractivity contribution in [2.45, 2.75) is 62.0 Å². The Morgan fingerprint density at radius 1 is 0.809 bits per heavy atom. The van der Waals surface area contributed by atoms with Crippen LogP contribution in [0.2, 0.25) is 10.0 Å². The Balaban J connectivity index is 1.56. The summed E-state index contributed by atoms with van der Waals surface area (Å²) in [4.78, 5) is 30.3. The molecule has 0 radical (unpaired) electrons. The first-order valence-corrected chi connectivity index (χ1v) is 18.5. The average Bonchev–Trinajstić information content (AvgIpc) is 3.08. The Morgan fingerprint density at radius 2 is 1.45 bits per heavy atom. The Bertz CT molecular complexity index is 1770. The van der Waals surface area contributed by atoms with Gasteiger partial charge in [0.25, 0.3) is 10.0 Å². The molecule has 0 aliphatic heterocycles. The summed E-state index contributed by atoms with van der Waals surface area (Å²) in [5.41, 5.74) is 1.83. The lowest BCUT2D eigenvalue weighted by Gasteiger charge is -2.35. The number of nitrogens with zero attached hydrogens (tertiary/aromatic N) is 2. The highest BCUT2D eigenvalue weighted by atomic mass is 79.9. The molecule has 4 aromatic rings. The summed E-state index contributed by atoms with van der Waals surface area (Å²) in [6, 6.07) is 28.3. The molecule has 1 fully saturated rings. The molecule has 1 atom stereocenters. The number of hydrogen-bond acceptors (Lipinski definition) is 4. The maximum absolute atomic E-state index is 14.6. The molecule has 246 valence electrons. The number of carbonyl (C=O) groups is 2. The fourth-order valence-electron chi connectivity index (χ4n) is 5.79. The molecule has 2 amide bonds. The quantitative estimate of drug-likeness (QED) is 0.159. The highest BCUT2D eigenvalue weighted by molar-refractivity contribution is 9.10. The van der Waals surface area contributed by atoms with Crippen LogP contribution in [0, 0.1) is 0 Å². The van der Waals surface area contributed by atoms with Crippen LogP contribution >= 0.6 is 39.1 Å². The first-order chi connectivity index (χ1) is 22.6. The van der Waals surface area contributed by atoms with E-state index < -0.39 is 28.5 Å². The van der Waals surface area contributed by atoms with Crippen molar-refractivity contribution < 1.29 is 18.0 Å². The predicted octanol–water partition coefficient (Wildman–Crippen LogP) is 8.04. The van der Waals surface area contributed by atoms with Gasteiger partial charge in [-0.2, -0.15) is 0 Å². The number of carbonyl (C=O) groups excluding carboxylic acids is 2. The topological polar surface area (TPSA) is 86.8 Å². The lowest BCUT2D eigenvalue weighted by Crippen LogP contribution is -2.55.